The van der Waals surface area contributed by atoms with Crippen LogP contribution in [0.1, 0.15) is 61.8 Å². The van der Waals surface area contributed by atoms with Crippen molar-refractivity contribution < 1.29 is 0 Å². The van der Waals surface area contributed by atoms with Crippen LogP contribution in [-0.4, -0.2) is 6.54 Å². The van der Waals surface area contributed by atoms with Crippen LogP contribution in [0.4, 0.5) is 0 Å². The lowest BCUT2D eigenvalue weighted by molar-refractivity contribution is 0.468. The summed E-state index contributed by atoms with van der Waals surface area (Å²) in [5.41, 5.74) is 4.33. The highest BCUT2D eigenvalue weighted by atomic mass is 14.9. The van der Waals surface area contributed by atoms with Crippen molar-refractivity contribution in [3.63, 3.8) is 0 Å². The van der Waals surface area contributed by atoms with Crippen LogP contribution in [0.5, 0.6) is 0 Å². The van der Waals surface area contributed by atoms with Gasteiger partial charge in [0.25, 0.3) is 0 Å². The Balaban J connectivity index is 2.06. The van der Waals surface area contributed by atoms with Gasteiger partial charge in [0.15, 0.2) is 0 Å². The number of rotatable bonds is 7. The van der Waals surface area contributed by atoms with E-state index in [9.17, 15) is 0 Å². The maximum Gasteiger partial charge on any atom is 0.0323 e. The molecule has 100 valence electrons. The number of benzene rings is 1. The van der Waals surface area contributed by atoms with Crippen LogP contribution in [0, 0.1) is 19.8 Å². The van der Waals surface area contributed by atoms with Crippen LogP contribution in [0.3, 0.4) is 0 Å². The van der Waals surface area contributed by atoms with Crippen LogP contribution < -0.4 is 5.32 Å². The maximum atomic E-state index is 3.74. The van der Waals surface area contributed by atoms with Gasteiger partial charge >= 0.3 is 0 Å². The second-order valence-corrected chi connectivity index (χ2v) is 5.89. The van der Waals surface area contributed by atoms with Gasteiger partial charge in [-0.25, -0.2) is 0 Å². The standard InChI is InChI=1S/C17H27N/c1-4-11-18-17(10-9-15-7-8-15)16-12-13(2)5-6-14(16)3/h5-6,12,15,17-18H,4,7-11H2,1-3H3. The summed E-state index contributed by atoms with van der Waals surface area (Å²) in [5.74, 6) is 1.03. The zero-order valence-electron chi connectivity index (χ0n) is 12.1. The van der Waals surface area contributed by atoms with Gasteiger partial charge in [0.1, 0.15) is 0 Å². The van der Waals surface area contributed by atoms with Crippen molar-refractivity contribution in [1.29, 1.82) is 0 Å². The first-order valence-corrected chi connectivity index (χ1v) is 7.51. The van der Waals surface area contributed by atoms with E-state index in [1.54, 1.807) is 0 Å². The van der Waals surface area contributed by atoms with Crippen molar-refractivity contribution in [2.75, 3.05) is 6.54 Å². The Kier molecular flexibility index (Phi) is 4.82. The van der Waals surface area contributed by atoms with Crippen molar-refractivity contribution in [2.45, 2.75) is 58.9 Å². The van der Waals surface area contributed by atoms with E-state index in [2.05, 4.69) is 44.3 Å². The van der Waals surface area contributed by atoms with Crippen molar-refractivity contribution in [2.24, 2.45) is 5.92 Å². The maximum absolute atomic E-state index is 3.74. The topological polar surface area (TPSA) is 12.0 Å². The molecule has 0 spiro atoms. The molecule has 1 aromatic carbocycles. The summed E-state index contributed by atoms with van der Waals surface area (Å²) in [4.78, 5) is 0. The second kappa shape index (κ2) is 6.38. The molecule has 1 nitrogen and oxygen atoms in total. The van der Waals surface area contributed by atoms with Crippen molar-refractivity contribution in [3.8, 4) is 0 Å². The number of hydrogen-bond donors (Lipinski definition) is 1. The molecular weight excluding hydrogens is 218 g/mol. The van der Waals surface area contributed by atoms with Gasteiger partial charge in [0.2, 0.25) is 0 Å². The summed E-state index contributed by atoms with van der Waals surface area (Å²) < 4.78 is 0. The Hall–Kier alpha value is -0.820. The number of aryl methyl sites for hydroxylation is 2. The summed E-state index contributed by atoms with van der Waals surface area (Å²) in [6.07, 6.45) is 6.84. The molecule has 1 aliphatic carbocycles. The van der Waals surface area contributed by atoms with Gasteiger partial charge in [-0.15, -0.1) is 0 Å². The molecule has 18 heavy (non-hydrogen) atoms. The van der Waals surface area contributed by atoms with Crippen molar-refractivity contribution >= 4 is 0 Å². The highest BCUT2D eigenvalue weighted by Crippen LogP contribution is 2.36. The van der Waals surface area contributed by atoms with E-state index in [4.69, 9.17) is 0 Å². The molecule has 0 aromatic heterocycles. The normalized spacial score (nSPS) is 16.8. The smallest absolute Gasteiger partial charge is 0.0323 e. The molecule has 1 aromatic rings. The largest absolute Gasteiger partial charge is 0.310 e. The first-order valence-electron chi connectivity index (χ1n) is 7.51. The lowest BCUT2D eigenvalue weighted by Gasteiger charge is -2.21. The van der Waals surface area contributed by atoms with Gasteiger partial charge in [0.05, 0.1) is 0 Å². The van der Waals surface area contributed by atoms with Crippen molar-refractivity contribution in [1.82, 2.24) is 5.32 Å². The van der Waals surface area contributed by atoms with E-state index in [0.717, 1.165) is 12.5 Å². The number of hydrogen-bond acceptors (Lipinski definition) is 1. The molecule has 1 unspecified atom stereocenters. The molecule has 2 rings (SSSR count). The van der Waals surface area contributed by atoms with Crippen LogP contribution in [0.2, 0.25) is 0 Å². The molecule has 0 bridgehead atoms. The first-order chi connectivity index (χ1) is 8.70. The molecule has 1 aliphatic rings. The lowest BCUT2D eigenvalue weighted by atomic mass is 9.94. The minimum absolute atomic E-state index is 0.561. The fraction of sp³-hybridized carbons (Fsp3) is 0.647. The molecule has 1 saturated carbocycles. The summed E-state index contributed by atoms with van der Waals surface area (Å²) in [6.45, 7) is 7.81. The fourth-order valence-electron chi connectivity index (χ4n) is 2.63. The Bertz CT molecular complexity index is 379. The highest BCUT2D eigenvalue weighted by Gasteiger charge is 2.23. The molecule has 0 aliphatic heterocycles. The fourth-order valence-corrected chi connectivity index (χ4v) is 2.63. The third-order valence-electron chi connectivity index (χ3n) is 4.01. The monoisotopic (exact) mass is 245 g/mol. The second-order valence-electron chi connectivity index (χ2n) is 5.89. The SMILES string of the molecule is CCCNC(CCC1CC1)c1cc(C)ccc1C. The Morgan fingerprint density at radius 2 is 2.06 bits per heavy atom. The zero-order chi connectivity index (χ0) is 13.0. The third-order valence-corrected chi connectivity index (χ3v) is 4.01. The average molecular weight is 245 g/mol. The number of nitrogens with one attached hydrogen (secondary N) is 1. The third kappa shape index (κ3) is 3.84. The molecule has 1 heteroatoms. The molecule has 0 heterocycles. The Labute approximate surface area is 112 Å². The lowest BCUT2D eigenvalue weighted by Crippen LogP contribution is -2.23. The summed E-state index contributed by atoms with van der Waals surface area (Å²) in [7, 11) is 0. The zero-order valence-corrected chi connectivity index (χ0v) is 12.1. The first kappa shape index (κ1) is 13.6. The Morgan fingerprint density at radius 1 is 1.28 bits per heavy atom. The van der Waals surface area contributed by atoms with Gasteiger partial charge in [-0.3, -0.25) is 0 Å². The van der Waals surface area contributed by atoms with E-state index in [0.29, 0.717) is 6.04 Å². The molecule has 1 atom stereocenters. The quantitative estimate of drug-likeness (QED) is 0.744. The van der Waals surface area contributed by atoms with Crippen molar-refractivity contribution in [3.05, 3.63) is 34.9 Å². The average Bonchev–Trinajstić information content (AvgIpc) is 3.17. The van der Waals surface area contributed by atoms with E-state index in [1.807, 2.05) is 0 Å². The van der Waals surface area contributed by atoms with Crippen LogP contribution in [0.15, 0.2) is 18.2 Å². The minimum Gasteiger partial charge on any atom is -0.310 e. The summed E-state index contributed by atoms with van der Waals surface area (Å²) in [5, 5.41) is 3.74. The molecular formula is C17H27N. The highest BCUT2D eigenvalue weighted by molar-refractivity contribution is 5.33. The minimum atomic E-state index is 0.561. The summed E-state index contributed by atoms with van der Waals surface area (Å²) in [6, 6.07) is 7.42. The molecule has 1 N–H and O–H groups in total. The van der Waals surface area contributed by atoms with Crippen LogP contribution in [-0.2, 0) is 0 Å². The molecule has 0 radical (unpaired) electrons. The van der Waals surface area contributed by atoms with Gasteiger partial charge in [-0.05, 0) is 56.7 Å². The van der Waals surface area contributed by atoms with E-state index in [1.165, 1.54) is 48.8 Å². The predicted molar refractivity (Wildman–Crippen MR) is 78.9 cm³/mol. The predicted octanol–water partition coefficient (Wildman–Crippen LogP) is 4.53. The van der Waals surface area contributed by atoms with Gasteiger partial charge in [-0.2, -0.15) is 0 Å². The van der Waals surface area contributed by atoms with Gasteiger partial charge < -0.3 is 5.32 Å². The molecule has 1 fully saturated rings. The van der Waals surface area contributed by atoms with Gasteiger partial charge in [0, 0.05) is 6.04 Å². The van der Waals surface area contributed by atoms with E-state index in [-0.39, 0.29) is 0 Å². The Morgan fingerprint density at radius 3 is 2.72 bits per heavy atom. The van der Waals surface area contributed by atoms with Crippen LogP contribution in [0.25, 0.3) is 0 Å². The van der Waals surface area contributed by atoms with Gasteiger partial charge in [-0.1, -0.05) is 43.5 Å². The van der Waals surface area contributed by atoms with Crippen LogP contribution >= 0.6 is 0 Å². The molecule has 0 amide bonds. The summed E-state index contributed by atoms with van der Waals surface area (Å²) >= 11 is 0. The van der Waals surface area contributed by atoms with E-state index >= 15 is 0 Å². The molecule has 0 saturated heterocycles. The van der Waals surface area contributed by atoms with E-state index < -0.39 is 0 Å².